The third-order valence-corrected chi connectivity index (χ3v) is 2.46. The quantitative estimate of drug-likeness (QED) is 0.655. The third kappa shape index (κ3) is 3.04. The molecule has 0 radical (unpaired) electrons. The second kappa shape index (κ2) is 5.01. The van der Waals surface area contributed by atoms with Crippen LogP contribution in [0.15, 0.2) is 24.3 Å². The van der Waals surface area contributed by atoms with Crippen molar-refractivity contribution in [2.45, 2.75) is 13.8 Å². The van der Waals surface area contributed by atoms with Crippen LogP contribution in [-0.4, -0.2) is 15.8 Å². The summed E-state index contributed by atoms with van der Waals surface area (Å²) in [5.41, 5.74) is 7.03. The summed E-state index contributed by atoms with van der Waals surface area (Å²) in [5, 5.41) is 7.36. The Labute approximate surface area is 109 Å². The Bertz CT molecular complexity index is 643. The van der Waals surface area contributed by atoms with Gasteiger partial charge in [-0.25, -0.2) is 9.37 Å². The number of amidine groups is 1. The molecule has 0 saturated heterocycles. The van der Waals surface area contributed by atoms with Crippen molar-refractivity contribution < 1.29 is 9.13 Å². The summed E-state index contributed by atoms with van der Waals surface area (Å²) in [5.74, 6) is -0.244. The second-order valence-corrected chi connectivity index (χ2v) is 4.10. The van der Waals surface area contributed by atoms with Gasteiger partial charge in [-0.15, -0.1) is 0 Å². The average Bonchev–Trinajstić information content (AvgIpc) is 2.33. The minimum atomic E-state index is -0.403. The first-order chi connectivity index (χ1) is 8.95. The summed E-state index contributed by atoms with van der Waals surface area (Å²) in [6, 6.07) is 5.83. The molecule has 1 aromatic carbocycles. The van der Waals surface area contributed by atoms with E-state index >= 15 is 0 Å². The number of hydrogen-bond donors (Lipinski definition) is 2. The largest absolute Gasteiger partial charge is 0.424 e. The molecule has 0 fully saturated rings. The maximum Gasteiger partial charge on any atom is 0.322 e. The molecule has 3 N–H and O–H groups in total. The number of nitrogens with one attached hydrogen (secondary N) is 1. The maximum atomic E-state index is 13.2. The Kier molecular flexibility index (Phi) is 3.41. The summed E-state index contributed by atoms with van der Waals surface area (Å²) in [6.45, 7) is 3.52. The SMILES string of the molecule is Cc1cc(C(=N)N)nc(Oc2cc(F)ccc2C)n1. The minimum Gasteiger partial charge on any atom is -0.424 e. The van der Waals surface area contributed by atoms with E-state index in [2.05, 4.69) is 9.97 Å². The lowest BCUT2D eigenvalue weighted by molar-refractivity contribution is 0.433. The number of aromatic nitrogens is 2. The number of aryl methyl sites for hydroxylation is 2. The monoisotopic (exact) mass is 260 g/mol. The van der Waals surface area contributed by atoms with Crippen LogP contribution >= 0.6 is 0 Å². The summed E-state index contributed by atoms with van der Waals surface area (Å²) in [4.78, 5) is 8.07. The zero-order valence-corrected chi connectivity index (χ0v) is 10.6. The molecule has 0 saturated carbocycles. The standard InChI is InChI=1S/C13H13FN4O/c1-7-3-4-9(14)6-11(7)19-13-17-8(2)5-10(18-13)12(15)16/h3-6H,1-2H3,(H3,15,16). The predicted molar refractivity (Wildman–Crippen MR) is 69.0 cm³/mol. The Morgan fingerprint density at radius 3 is 2.68 bits per heavy atom. The summed E-state index contributed by atoms with van der Waals surface area (Å²) in [7, 11) is 0. The predicted octanol–water partition coefficient (Wildman–Crippen LogP) is 2.31. The van der Waals surface area contributed by atoms with Crippen LogP contribution in [0.25, 0.3) is 0 Å². The Hall–Kier alpha value is -2.50. The van der Waals surface area contributed by atoms with Gasteiger partial charge in [0, 0.05) is 11.8 Å². The average molecular weight is 260 g/mol. The van der Waals surface area contributed by atoms with Gasteiger partial charge in [-0.2, -0.15) is 4.98 Å². The molecule has 0 spiro atoms. The molecule has 0 bridgehead atoms. The number of nitrogens with two attached hydrogens (primary N) is 1. The van der Waals surface area contributed by atoms with E-state index in [4.69, 9.17) is 15.9 Å². The lowest BCUT2D eigenvalue weighted by atomic mass is 10.2. The van der Waals surface area contributed by atoms with Crippen LogP contribution in [0.2, 0.25) is 0 Å². The van der Waals surface area contributed by atoms with Crippen LogP contribution in [0.5, 0.6) is 11.8 Å². The first-order valence-electron chi connectivity index (χ1n) is 5.60. The highest BCUT2D eigenvalue weighted by Crippen LogP contribution is 2.23. The zero-order valence-electron chi connectivity index (χ0n) is 10.6. The highest BCUT2D eigenvalue weighted by Gasteiger charge is 2.09. The van der Waals surface area contributed by atoms with Gasteiger partial charge in [-0.05, 0) is 31.5 Å². The molecule has 0 amide bonds. The van der Waals surface area contributed by atoms with E-state index in [0.717, 1.165) is 5.56 Å². The number of ether oxygens (including phenoxy) is 1. The van der Waals surface area contributed by atoms with E-state index in [1.165, 1.54) is 12.1 Å². The van der Waals surface area contributed by atoms with Crippen LogP contribution in [0.1, 0.15) is 17.0 Å². The molecule has 0 aliphatic carbocycles. The maximum absolute atomic E-state index is 13.2. The van der Waals surface area contributed by atoms with Crippen LogP contribution in [0.3, 0.4) is 0 Å². The molecule has 1 aromatic heterocycles. The second-order valence-electron chi connectivity index (χ2n) is 4.10. The first kappa shape index (κ1) is 12.9. The fourth-order valence-corrected chi connectivity index (χ4v) is 1.51. The number of hydrogen-bond acceptors (Lipinski definition) is 4. The van der Waals surface area contributed by atoms with Gasteiger partial charge in [0.1, 0.15) is 23.1 Å². The van der Waals surface area contributed by atoms with Gasteiger partial charge >= 0.3 is 6.01 Å². The van der Waals surface area contributed by atoms with Gasteiger partial charge in [0.15, 0.2) is 0 Å². The van der Waals surface area contributed by atoms with E-state index in [-0.39, 0.29) is 17.5 Å². The normalized spacial score (nSPS) is 10.3. The van der Waals surface area contributed by atoms with Crippen LogP contribution < -0.4 is 10.5 Å². The lowest BCUT2D eigenvalue weighted by Crippen LogP contribution is -2.14. The van der Waals surface area contributed by atoms with Crippen molar-refractivity contribution in [3.05, 3.63) is 47.0 Å². The molecule has 0 aliphatic heterocycles. The molecule has 2 aromatic rings. The van der Waals surface area contributed by atoms with Crippen molar-refractivity contribution in [3.63, 3.8) is 0 Å². The van der Waals surface area contributed by atoms with E-state index in [9.17, 15) is 4.39 Å². The van der Waals surface area contributed by atoms with Gasteiger partial charge in [-0.1, -0.05) is 6.07 Å². The summed E-state index contributed by atoms with van der Waals surface area (Å²) >= 11 is 0. The van der Waals surface area contributed by atoms with E-state index in [1.807, 2.05) is 0 Å². The van der Waals surface area contributed by atoms with Gasteiger partial charge in [0.25, 0.3) is 0 Å². The van der Waals surface area contributed by atoms with E-state index in [0.29, 0.717) is 11.4 Å². The molecule has 19 heavy (non-hydrogen) atoms. The number of halogens is 1. The topological polar surface area (TPSA) is 84.9 Å². The van der Waals surface area contributed by atoms with Gasteiger partial charge in [0.05, 0.1) is 0 Å². The lowest BCUT2D eigenvalue weighted by Gasteiger charge is -2.08. The molecule has 98 valence electrons. The number of nitrogens with zero attached hydrogens (tertiary/aromatic N) is 2. The first-order valence-corrected chi connectivity index (χ1v) is 5.60. The molecule has 0 aliphatic rings. The molecule has 0 atom stereocenters. The fraction of sp³-hybridized carbons (Fsp3) is 0.154. The third-order valence-electron chi connectivity index (χ3n) is 2.46. The van der Waals surface area contributed by atoms with Crippen molar-refractivity contribution in [2.24, 2.45) is 5.73 Å². The number of benzene rings is 1. The molecule has 2 rings (SSSR count). The van der Waals surface area contributed by atoms with Crippen LogP contribution in [-0.2, 0) is 0 Å². The van der Waals surface area contributed by atoms with Crippen molar-refractivity contribution in [2.75, 3.05) is 0 Å². The van der Waals surface area contributed by atoms with Gasteiger partial charge in [-0.3, -0.25) is 5.41 Å². The highest BCUT2D eigenvalue weighted by molar-refractivity contribution is 5.93. The van der Waals surface area contributed by atoms with Crippen molar-refractivity contribution in [3.8, 4) is 11.8 Å². The fourth-order valence-electron chi connectivity index (χ4n) is 1.51. The smallest absolute Gasteiger partial charge is 0.322 e. The van der Waals surface area contributed by atoms with E-state index in [1.54, 1.807) is 26.0 Å². The van der Waals surface area contributed by atoms with Crippen LogP contribution in [0.4, 0.5) is 4.39 Å². The summed E-state index contributed by atoms with van der Waals surface area (Å²) in [6.07, 6.45) is 0. The van der Waals surface area contributed by atoms with Gasteiger partial charge in [0.2, 0.25) is 0 Å². The number of nitrogen functional groups attached to an aromatic ring is 1. The zero-order chi connectivity index (χ0) is 14.0. The highest BCUT2D eigenvalue weighted by atomic mass is 19.1. The number of rotatable bonds is 3. The van der Waals surface area contributed by atoms with Crippen molar-refractivity contribution >= 4 is 5.84 Å². The minimum absolute atomic E-state index is 0.0406. The molecule has 1 heterocycles. The van der Waals surface area contributed by atoms with E-state index < -0.39 is 5.82 Å². The molecular formula is C13H13FN4O. The Morgan fingerprint density at radius 1 is 1.26 bits per heavy atom. The van der Waals surface area contributed by atoms with Gasteiger partial charge < -0.3 is 10.5 Å². The molecule has 6 heteroatoms. The molecule has 5 nitrogen and oxygen atoms in total. The molecule has 0 unspecified atom stereocenters. The van der Waals surface area contributed by atoms with Crippen LogP contribution in [0, 0.1) is 25.1 Å². The summed E-state index contributed by atoms with van der Waals surface area (Å²) < 4.78 is 18.6. The molecular weight excluding hydrogens is 247 g/mol. The van der Waals surface area contributed by atoms with Crippen molar-refractivity contribution in [1.29, 1.82) is 5.41 Å². The Balaban J connectivity index is 2.38. The Morgan fingerprint density at radius 2 is 2.00 bits per heavy atom. The van der Waals surface area contributed by atoms with Crippen molar-refractivity contribution in [1.82, 2.24) is 9.97 Å².